The number of nitrogens with zero attached hydrogens (tertiary/aromatic N) is 1. The molecule has 5 nitrogen and oxygen atoms in total. The number of fused-ring (bicyclic) bond motifs is 2. The highest BCUT2D eigenvalue weighted by Gasteiger charge is 2.28. The smallest absolute Gasteiger partial charge is 0.256 e. The Morgan fingerprint density at radius 2 is 1.72 bits per heavy atom. The number of carbonyl (C=O) groups is 1. The van der Waals surface area contributed by atoms with E-state index in [9.17, 15) is 13.2 Å². The van der Waals surface area contributed by atoms with Gasteiger partial charge >= 0.3 is 0 Å². The quantitative estimate of drug-likeness (QED) is 0.873. The van der Waals surface area contributed by atoms with Crippen molar-refractivity contribution in [2.45, 2.75) is 33.9 Å². The van der Waals surface area contributed by atoms with Gasteiger partial charge in [-0.3, -0.25) is 4.79 Å². The summed E-state index contributed by atoms with van der Waals surface area (Å²) >= 11 is 1.47. The Morgan fingerprint density at radius 1 is 0.960 bits per heavy atom. The van der Waals surface area contributed by atoms with Gasteiger partial charge in [0, 0.05) is 22.9 Å². The van der Waals surface area contributed by atoms with Crippen molar-refractivity contribution < 1.29 is 13.2 Å². The van der Waals surface area contributed by atoms with Gasteiger partial charge in [-0.25, -0.2) is 8.42 Å². The monoisotopic (exact) mass is 374 g/mol. The third-order valence-electron chi connectivity index (χ3n) is 4.50. The fraction of sp³-hybridized carbons (Fsp3) is 0.278. The summed E-state index contributed by atoms with van der Waals surface area (Å²) in [4.78, 5) is 14.4. The lowest BCUT2D eigenvalue weighted by atomic mass is 10.2. The fourth-order valence-corrected chi connectivity index (χ4v) is 5.72. The van der Waals surface area contributed by atoms with Gasteiger partial charge in [0.05, 0.1) is 16.1 Å². The molecule has 0 saturated carbocycles. The third-order valence-corrected chi connectivity index (χ3v) is 7.55. The maximum absolute atomic E-state index is 12.9. The topological polar surface area (TPSA) is 66.5 Å². The van der Waals surface area contributed by atoms with E-state index < -0.39 is 10.0 Å². The number of hydrogen-bond acceptors (Lipinski definition) is 4. The summed E-state index contributed by atoms with van der Waals surface area (Å²) in [5.41, 5.74) is 1.15. The van der Waals surface area contributed by atoms with Crippen molar-refractivity contribution in [1.29, 1.82) is 0 Å². The number of nitrogens with one attached hydrogen (secondary N) is 1. The van der Waals surface area contributed by atoms with E-state index in [2.05, 4.69) is 5.32 Å². The van der Waals surface area contributed by atoms with E-state index in [4.69, 9.17) is 0 Å². The molecule has 2 aliphatic heterocycles. The standard InChI is InChI=1S/C18H18N2O3S2/c21-18-14-6-2-3-7-16(14)24-17-9-8-13(12-15(17)19-18)25(22,23)20-10-4-1-5-11-20/h2-3,6-9,12H,1,4-5,10-11H2,(H,19,21). The van der Waals surface area contributed by atoms with Crippen LogP contribution in [0.4, 0.5) is 5.69 Å². The van der Waals surface area contributed by atoms with Crippen molar-refractivity contribution in [2.75, 3.05) is 18.4 Å². The second-order valence-corrected chi connectivity index (χ2v) is 9.20. The maximum Gasteiger partial charge on any atom is 0.256 e. The lowest BCUT2D eigenvalue weighted by Crippen LogP contribution is -2.35. The van der Waals surface area contributed by atoms with Crippen LogP contribution in [0.15, 0.2) is 57.2 Å². The predicted octanol–water partition coefficient (Wildman–Crippen LogP) is 3.58. The van der Waals surface area contributed by atoms with Crippen LogP contribution in [0.1, 0.15) is 29.6 Å². The molecule has 2 aromatic rings. The van der Waals surface area contributed by atoms with E-state index in [1.807, 2.05) is 18.2 Å². The Morgan fingerprint density at radius 3 is 2.52 bits per heavy atom. The van der Waals surface area contributed by atoms with Gasteiger partial charge in [-0.15, -0.1) is 0 Å². The molecule has 0 spiro atoms. The van der Waals surface area contributed by atoms with Gasteiger partial charge in [0.25, 0.3) is 5.91 Å². The number of amides is 1. The molecular formula is C18H18N2O3S2. The molecule has 1 N–H and O–H groups in total. The Balaban J connectivity index is 1.72. The average Bonchev–Trinajstić information content (AvgIpc) is 2.78. The summed E-state index contributed by atoms with van der Waals surface area (Å²) < 4.78 is 27.3. The first-order valence-electron chi connectivity index (χ1n) is 8.28. The summed E-state index contributed by atoms with van der Waals surface area (Å²) in [6, 6.07) is 12.4. The highest BCUT2D eigenvalue weighted by molar-refractivity contribution is 7.99. The maximum atomic E-state index is 12.9. The second-order valence-electron chi connectivity index (χ2n) is 6.18. The van der Waals surface area contributed by atoms with Gasteiger partial charge in [-0.1, -0.05) is 30.3 Å². The molecule has 7 heteroatoms. The molecule has 0 bridgehead atoms. The molecule has 0 aliphatic carbocycles. The van der Waals surface area contributed by atoms with Gasteiger partial charge in [0.2, 0.25) is 10.0 Å². The Labute approximate surface area is 151 Å². The Hall–Kier alpha value is -1.83. The number of piperidine rings is 1. The first-order chi connectivity index (χ1) is 12.1. The normalized spacial score (nSPS) is 18.0. The number of hydrogen-bond donors (Lipinski definition) is 1. The zero-order valence-corrected chi connectivity index (χ0v) is 15.2. The van der Waals surface area contributed by atoms with Crippen LogP contribution in [0.25, 0.3) is 0 Å². The molecule has 2 aliphatic rings. The van der Waals surface area contributed by atoms with E-state index >= 15 is 0 Å². The van der Waals surface area contributed by atoms with Gasteiger partial charge in [-0.05, 0) is 43.2 Å². The first-order valence-corrected chi connectivity index (χ1v) is 10.5. The van der Waals surface area contributed by atoms with Crippen molar-refractivity contribution in [1.82, 2.24) is 4.31 Å². The van der Waals surface area contributed by atoms with E-state index in [1.165, 1.54) is 11.8 Å². The molecule has 2 aromatic carbocycles. The van der Waals surface area contributed by atoms with Crippen LogP contribution < -0.4 is 5.32 Å². The number of carbonyl (C=O) groups excluding carboxylic acids is 1. The molecule has 1 amide bonds. The molecule has 25 heavy (non-hydrogen) atoms. The number of rotatable bonds is 2. The Kier molecular flexibility index (Phi) is 4.31. The zero-order chi connectivity index (χ0) is 17.4. The molecule has 0 unspecified atom stereocenters. The fourth-order valence-electron chi connectivity index (χ4n) is 3.16. The van der Waals surface area contributed by atoms with Crippen LogP contribution in [0.3, 0.4) is 0 Å². The van der Waals surface area contributed by atoms with Crippen LogP contribution >= 0.6 is 11.8 Å². The third kappa shape index (κ3) is 3.07. The molecule has 4 rings (SSSR count). The van der Waals surface area contributed by atoms with Gasteiger partial charge in [-0.2, -0.15) is 4.31 Å². The summed E-state index contributed by atoms with van der Waals surface area (Å²) in [5.74, 6) is -0.214. The van der Waals surface area contributed by atoms with Crippen LogP contribution in [0.5, 0.6) is 0 Å². The largest absolute Gasteiger partial charge is 0.321 e. The minimum atomic E-state index is -3.52. The van der Waals surface area contributed by atoms with Crippen molar-refractivity contribution in [2.24, 2.45) is 0 Å². The van der Waals surface area contributed by atoms with Gasteiger partial charge in [0.1, 0.15) is 0 Å². The molecule has 0 aromatic heterocycles. The van der Waals surface area contributed by atoms with E-state index in [0.717, 1.165) is 29.1 Å². The van der Waals surface area contributed by atoms with Crippen molar-refractivity contribution >= 4 is 33.4 Å². The molecule has 130 valence electrons. The molecule has 0 radical (unpaired) electrons. The van der Waals surface area contributed by atoms with Crippen molar-refractivity contribution in [3.63, 3.8) is 0 Å². The van der Waals surface area contributed by atoms with Crippen molar-refractivity contribution in [3.05, 3.63) is 48.0 Å². The lowest BCUT2D eigenvalue weighted by Gasteiger charge is -2.26. The summed E-state index contributed by atoms with van der Waals surface area (Å²) in [7, 11) is -3.52. The Bertz CT molecular complexity index is 935. The van der Waals surface area contributed by atoms with Crippen LogP contribution in [-0.4, -0.2) is 31.7 Å². The zero-order valence-electron chi connectivity index (χ0n) is 13.6. The molecule has 1 saturated heterocycles. The minimum absolute atomic E-state index is 0.214. The summed E-state index contributed by atoms with van der Waals surface area (Å²) in [6.45, 7) is 1.12. The van der Waals surface area contributed by atoms with E-state index in [-0.39, 0.29) is 10.8 Å². The highest BCUT2D eigenvalue weighted by Crippen LogP contribution is 2.39. The SMILES string of the molecule is O=C1Nc2cc(S(=O)(=O)N3CCCCC3)ccc2Sc2ccccc21. The average molecular weight is 374 g/mol. The van der Waals surface area contributed by atoms with Gasteiger partial charge in [0.15, 0.2) is 0 Å². The minimum Gasteiger partial charge on any atom is -0.321 e. The lowest BCUT2D eigenvalue weighted by molar-refractivity contribution is 0.102. The van der Waals surface area contributed by atoms with Crippen LogP contribution in [0.2, 0.25) is 0 Å². The number of sulfonamides is 1. The van der Waals surface area contributed by atoms with Crippen LogP contribution in [-0.2, 0) is 10.0 Å². The summed E-state index contributed by atoms with van der Waals surface area (Å²) in [5, 5.41) is 2.85. The van der Waals surface area contributed by atoms with Gasteiger partial charge < -0.3 is 5.32 Å². The molecule has 2 heterocycles. The number of anilines is 1. The summed E-state index contributed by atoms with van der Waals surface area (Å²) in [6.07, 6.45) is 2.86. The molecular weight excluding hydrogens is 356 g/mol. The predicted molar refractivity (Wildman–Crippen MR) is 97.6 cm³/mol. The number of benzene rings is 2. The van der Waals surface area contributed by atoms with Crippen molar-refractivity contribution in [3.8, 4) is 0 Å². The highest BCUT2D eigenvalue weighted by atomic mass is 32.2. The van der Waals surface area contributed by atoms with E-state index in [1.54, 1.807) is 28.6 Å². The second kappa shape index (κ2) is 6.48. The molecule has 1 fully saturated rings. The first kappa shape index (κ1) is 16.6. The van der Waals surface area contributed by atoms with Crippen LogP contribution in [0, 0.1) is 0 Å². The van der Waals surface area contributed by atoms with E-state index in [0.29, 0.717) is 24.3 Å². The molecule has 0 atom stereocenters.